The Hall–Kier alpha value is -1.32. The first-order chi connectivity index (χ1) is 5.92. The van der Waals surface area contributed by atoms with Crippen LogP contribution in [-0.2, 0) is 9.59 Å². The predicted molar refractivity (Wildman–Crippen MR) is 48.7 cm³/mol. The van der Waals surface area contributed by atoms with Crippen molar-refractivity contribution in [3.05, 3.63) is 11.8 Å². The van der Waals surface area contributed by atoms with Crippen LogP contribution in [0.5, 0.6) is 0 Å². The molecule has 0 spiro atoms. The molecule has 1 aliphatic rings. The maximum Gasteiger partial charge on any atom is 0.242 e. The molecule has 0 saturated carbocycles. The first-order valence-electron chi connectivity index (χ1n) is 4.23. The van der Waals surface area contributed by atoms with Crippen molar-refractivity contribution in [3.63, 3.8) is 0 Å². The Bertz CT molecular complexity index is 279. The zero-order valence-corrected chi connectivity index (χ0v) is 7.89. The third-order valence-electron chi connectivity index (χ3n) is 2.07. The molecule has 0 unspecified atom stereocenters. The highest BCUT2D eigenvalue weighted by atomic mass is 16.1. The summed E-state index contributed by atoms with van der Waals surface area (Å²) < 4.78 is 0. The number of amides is 1. The number of ketones is 1. The van der Waals surface area contributed by atoms with Gasteiger partial charge in [0.25, 0.3) is 0 Å². The summed E-state index contributed by atoms with van der Waals surface area (Å²) in [5, 5.41) is 2.95. The van der Waals surface area contributed by atoms with Gasteiger partial charge in [-0.15, -0.1) is 0 Å². The van der Waals surface area contributed by atoms with Gasteiger partial charge in [-0.25, -0.2) is 0 Å². The van der Waals surface area contributed by atoms with Crippen LogP contribution in [0.25, 0.3) is 0 Å². The van der Waals surface area contributed by atoms with Crippen molar-refractivity contribution in [2.75, 3.05) is 0 Å². The Kier molecular flexibility index (Phi) is 2.40. The molecule has 0 heterocycles. The summed E-state index contributed by atoms with van der Waals surface area (Å²) in [5.74, 6) is -0.324. The van der Waals surface area contributed by atoms with Gasteiger partial charge < -0.3 is 11.1 Å². The van der Waals surface area contributed by atoms with E-state index in [2.05, 4.69) is 5.32 Å². The lowest BCUT2D eigenvalue weighted by Crippen LogP contribution is -2.49. The lowest BCUT2D eigenvalue weighted by Gasteiger charge is -2.24. The first-order valence-corrected chi connectivity index (χ1v) is 4.23. The molecule has 0 radical (unpaired) electrons. The van der Waals surface area contributed by atoms with E-state index in [0.29, 0.717) is 12.8 Å². The molecule has 0 fully saturated rings. The lowest BCUT2D eigenvalue weighted by molar-refractivity contribution is -0.123. The summed E-state index contributed by atoms with van der Waals surface area (Å²) >= 11 is 0. The number of primary amides is 1. The molecule has 0 aromatic carbocycles. The Morgan fingerprint density at radius 3 is 2.54 bits per heavy atom. The molecular weight excluding hydrogens is 168 g/mol. The quantitative estimate of drug-likeness (QED) is 0.649. The fraction of sp³-hybridized carbons (Fsp3) is 0.556. The molecular formula is C9H14N2O2. The number of allylic oxidation sites excluding steroid dienone is 2. The second-order valence-electron chi connectivity index (χ2n) is 3.75. The highest BCUT2D eigenvalue weighted by molar-refractivity contribution is 5.93. The normalized spacial score (nSPS) is 17.1. The minimum Gasteiger partial charge on any atom is -0.375 e. The maximum absolute atomic E-state index is 10.9. The van der Waals surface area contributed by atoms with Crippen LogP contribution in [-0.4, -0.2) is 17.2 Å². The predicted octanol–water partition coefficient (Wildman–Crippen LogP) is 0.0867. The summed E-state index contributed by atoms with van der Waals surface area (Å²) in [7, 11) is 0. The zero-order valence-electron chi connectivity index (χ0n) is 7.89. The van der Waals surface area contributed by atoms with E-state index in [0.717, 1.165) is 5.70 Å². The van der Waals surface area contributed by atoms with Crippen molar-refractivity contribution in [2.24, 2.45) is 5.73 Å². The molecule has 0 saturated heterocycles. The van der Waals surface area contributed by atoms with Crippen molar-refractivity contribution < 1.29 is 9.59 Å². The Balaban J connectivity index is 2.64. The molecule has 13 heavy (non-hydrogen) atoms. The molecule has 0 aromatic heterocycles. The summed E-state index contributed by atoms with van der Waals surface area (Å²) in [6.07, 6.45) is 2.73. The van der Waals surface area contributed by atoms with Crippen LogP contribution in [0.4, 0.5) is 0 Å². The Morgan fingerprint density at radius 1 is 1.54 bits per heavy atom. The van der Waals surface area contributed by atoms with Crippen LogP contribution in [0.2, 0.25) is 0 Å². The van der Waals surface area contributed by atoms with Crippen molar-refractivity contribution >= 4 is 11.7 Å². The molecule has 0 aromatic rings. The van der Waals surface area contributed by atoms with Gasteiger partial charge in [0.2, 0.25) is 5.91 Å². The molecule has 1 aliphatic carbocycles. The number of rotatable bonds is 3. The van der Waals surface area contributed by atoms with E-state index >= 15 is 0 Å². The van der Waals surface area contributed by atoms with Crippen LogP contribution >= 0.6 is 0 Å². The lowest BCUT2D eigenvalue weighted by atomic mass is 10.0. The van der Waals surface area contributed by atoms with Gasteiger partial charge in [-0.3, -0.25) is 9.59 Å². The van der Waals surface area contributed by atoms with Gasteiger partial charge in [-0.2, -0.15) is 0 Å². The topological polar surface area (TPSA) is 72.2 Å². The monoisotopic (exact) mass is 182 g/mol. The van der Waals surface area contributed by atoms with Crippen LogP contribution in [0, 0.1) is 0 Å². The van der Waals surface area contributed by atoms with E-state index in [9.17, 15) is 9.59 Å². The number of nitrogens with two attached hydrogens (primary N) is 1. The van der Waals surface area contributed by atoms with Crippen LogP contribution in [0.3, 0.4) is 0 Å². The van der Waals surface area contributed by atoms with Gasteiger partial charge in [-0.1, -0.05) is 0 Å². The van der Waals surface area contributed by atoms with E-state index in [-0.39, 0.29) is 5.78 Å². The van der Waals surface area contributed by atoms with Gasteiger partial charge in [0.1, 0.15) is 5.54 Å². The fourth-order valence-corrected chi connectivity index (χ4v) is 1.16. The van der Waals surface area contributed by atoms with E-state index in [1.54, 1.807) is 13.8 Å². The molecule has 3 N–H and O–H groups in total. The molecule has 4 nitrogen and oxygen atoms in total. The maximum atomic E-state index is 10.9. The first kappa shape index (κ1) is 9.77. The van der Waals surface area contributed by atoms with Gasteiger partial charge >= 0.3 is 0 Å². The summed E-state index contributed by atoms with van der Waals surface area (Å²) in [5.41, 5.74) is 5.19. The van der Waals surface area contributed by atoms with Crippen LogP contribution < -0.4 is 11.1 Å². The Morgan fingerprint density at radius 2 is 2.15 bits per heavy atom. The van der Waals surface area contributed by atoms with Crippen molar-refractivity contribution in [2.45, 2.75) is 32.2 Å². The largest absolute Gasteiger partial charge is 0.375 e. The van der Waals surface area contributed by atoms with E-state index in [1.807, 2.05) is 0 Å². The average Bonchev–Trinajstić information content (AvgIpc) is 2.34. The molecule has 4 heteroatoms. The summed E-state index contributed by atoms with van der Waals surface area (Å²) in [4.78, 5) is 21.8. The van der Waals surface area contributed by atoms with Crippen molar-refractivity contribution in [1.82, 2.24) is 5.32 Å². The number of carbonyl (C=O) groups is 2. The third-order valence-corrected chi connectivity index (χ3v) is 2.07. The van der Waals surface area contributed by atoms with Gasteiger partial charge in [-0.05, 0) is 20.3 Å². The van der Waals surface area contributed by atoms with Gasteiger partial charge in [0.15, 0.2) is 5.78 Å². The van der Waals surface area contributed by atoms with Gasteiger partial charge in [0, 0.05) is 18.2 Å². The average molecular weight is 182 g/mol. The minimum absolute atomic E-state index is 0.0998. The molecule has 0 aliphatic heterocycles. The highest BCUT2D eigenvalue weighted by Gasteiger charge is 2.26. The second kappa shape index (κ2) is 3.20. The highest BCUT2D eigenvalue weighted by Crippen LogP contribution is 2.15. The van der Waals surface area contributed by atoms with Gasteiger partial charge in [0.05, 0.1) is 0 Å². The fourth-order valence-electron chi connectivity index (χ4n) is 1.16. The Labute approximate surface area is 77.2 Å². The molecule has 0 atom stereocenters. The molecule has 1 rings (SSSR count). The van der Waals surface area contributed by atoms with Crippen LogP contribution in [0.15, 0.2) is 11.8 Å². The molecule has 0 bridgehead atoms. The summed E-state index contributed by atoms with van der Waals surface area (Å²) in [6.45, 7) is 3.39. The number of nitrogens with one attached hydrogen (secondary N) is 1. The molecule has 72 valence electrons. The smallest absolute Gasteiger partial charge is 0.242 e. The van der Waals surface area contributed by atoms with Crippen molar-refractivity contribution in [3.8, 4) is 0 Å². The number of carbonyl (C=O) groups excluding carboxylic acids is 2. The second-order valence-corrected chi connectivity index (χ2v) is 3.75. The minimum atomic E-state index is -0.781. The standard InChI is InChI=1S/C9H14N2O2/c1-9(2,8(10)13)11-6-3-4-7(12)5-6/h5,11H,3-4H2,1-2H3,(H2,10,13). The van der Waals surface area contributed by atoms with Crippen LogP contribution in [0.1, 0.15) is 26.7 Å². The zero-order chi connectivity index (χ0) is 10.1. The van der Waals surface area contributed by atoms with E-state index in [4.69, 9.17) is 5.73 Å². The van der Waals surface area contributed by atoms with Crippen molar-refractivity contribution in [1.29, 1.82) is 0 Å². The number of hydrogen-bond donors (Lipinski definition) is 2. The third kappa shape index (κ3) is 2.31. The summed E-state index contributed by atoms with van der Waals surface area (Å²) in [6, 6.07) is 0. The van der Waals surface area contributed by atoms with E-state index in [1.165, 1.54) is 6.08 Å². The number of hydrogen-bond acceptors (Lipinski definition) is 3. The van der Waals surface area contributed by atoms with E-state index < -0.39 is 11.4 Å². The molecule has 1 amide bonds. The SMILES string of the molecule is CC(C)(NC1=CC(=O)CC1)C(N)=O.